The van der Waals surface area contributed by atoms with Gasteiger partial charge in [0.1, 0.15) is 13.2 Å². The van der Waals surface area contributed by atoms with Gasteiger partial charge in [-0.1, -0.05) is 155 Å². The Labute approximate surface area is 381 Å². The summed E-state index contributed by atoms with van der Waals surface area (Å²) in [6, 6.07) is 0. The molecule has 1 N–H and O–H groups in total. The summed E-state index contributed by atoms with van der Waals surface area (Å²) in [4.78, 5) is 27.9. The van der Waals surface area contributed by atoms with Gasteiger partial charge in [0.15, 0.2) is 12.6 Å². The Morgan fingerprint density at radius 2 is 1.18 bits per heavy atom. The van der Waals surface area contributed by atoms with Crippen molar-refractivity contribution in [3.8, 4) is 0 Å². The van der Waals surface area contributed by atoms with Crippen molar-refractivity contribution in [3.05, 3.63) is 24.3 Å². The number of allylic oxidation sites excluding steroid dienone is 4. The third-order valence-corrected chi connectivity index (χ3v) is 11.9. The average molecular weight is 880 g/mol. The first-order valence-electron chi connectivity index (χ1n) is 25.8. The molecule has 364 valence electrons. The largest absolute Gasteiger partial charge is 0.508 e. The number of ether oxygens (including phenoxy) is 6. The molecule has 1 heterocycles. The van der Waals surface area contributed by atoms with E-state index < -0.39 is 24.7 Å². The summed E-state index contributed by atoms with van der Waals surface area (Å²) in [6.45, 7) is 15.5. The fourth-order valence-corrected chi connectivity index (χ4v) is 7.80. The minimum absolute atomic E-state index is 0.0215. The van der Waals surface area contributed by atoms with Gasteiger partial charge in [0.2, 0.25) is 0 Å². The fourth-order valence-electron chi connectivity index (χ4n) is 7.80. The van der Waals surface area contributed by atoms with Gasteiger partial charge in [0.25, 0.3) is 0 Å². The van der Waals surface area contributed by atoms with E-state index in [4.69, 9.17) is 28.4 Å². The maximum Gasteiger partial charge on any atom is 0.508 e. The molecule has 1 fully saturated rings. The molecule has 62 heavy (non-hydrogen) atoms. The molecule has 0 aromatic carbocycles. The summed E-state index contributed by atoms with van der Waals surface area (Å²) in [6.07, 6.45) is 36.7. The Kier molecular flexibility index (Phi) is 39.0. The van der Waals surface area contributed by atoms with E-state index in [9.17, 15) is 14.7 Å². The third kappa shape index (κ3) is 35.4. The maximum atomic E-state index is 12.8. The van der Waals surface area contributed by atoms with E-state index in [1.165, 1.54) is 77.0 Å². The highest BCUT2D eigenvalue weighted by Crippen LogP contribution is 2.30. The van der Waals surface area contributed by atoms with Gasteiger partial charge >= 0.3 is 12.1 Å². The first-order chi connectivity index (χ1) is 30.2. The van der Waals surface area contributed by atoms with E-state index in [0.717, 1.165) is 103 Å². The van der Waals surface area contributed by atoms with Crippen LogP contribution in [0, 0.1) is 11.3 Å². The quantitative estimate of drug-likeness (QED) is 0.0275. The zero-order chi connectivity index (χ0) is 45.2. The molecule has 3 atom stereocenters. The lowest BCUT2D eigenvalue weighted by atomic mass is 9.83. The van der Waals surface area contributed by atoms with Gasteiger partial charge in [0, 0.05) is 44.4 Å². The molecule has 10 nitrogen and oxygen atoms in total. The van der Waals surface area contributed by atoms with Gasteiger partial charge in [0.05, 0.1) is 19.1 Å². The number of nitrogens with zero attached hydrogens (tertiary/aromatic N) is 1. The van der Waals surface area contributed by atoms with E-state index in [2.05, 4.69) is 63.8 Å². The second-order valence-electron chi connectivity index (χ2n) is 18.2. The van der Waals surface area contributed by atoms with Gasteiger partial charge in [-0.15, -0.1) is 0 Å². The number of likely N-dealkylation sites (tertiary alicyclic amines) is 1. The van der Waals surface area contributed by atoms with Crippen LogP contribution in [0.5, 0.6) is 0 Å². The van der Waals surface area contributed by atoms with Crippen LogP contribution in [0.2, 0.25) is 0 Å². The van der Waals surface area contributed by atoms with Crippen LogP contribution in [0.3, 0.4) is 0 Å². The molecule has 0 amide bonds. The Morgan fingerprint density at radius 3 is 1.81 bits per heavy atom. The zero-order valence-electron chi connectivity index (χ0n) is 40.9. The topological polar surface area (TPSA) is 113 Å². The van der Waals surface area contributed by atoms with Crippen molar-refractivity contribution in [1.29, 1.82) is 0 Å². The highest BCUT2D eigenvalue weighted by molar-refractivity contribution is 5.69. The SMILES string of the molecule is CCCCC/C=C\C/C=C\CCCCCCCC(=O)OCC(COC(=O)OCC1(C)CCCN(CC)C1)COC(O)CCC(OCCCCCCCC)OCCCCCCCC. The van der Waals surface area contributed by atoms with Crippen LogP contribution in [0.1, 0.15) is 214 Å². The van der Waals surface area contributed by atoms with Gasteiger partial charge in [-0.05, 0) is 77.3 Å². The molecule has 10 heteroatoms. The number of unbranched alkanes of at least 4 members (excludes halogenated alkanes) is 18. The molecule has 0 radical (unpaired) electrons. The molecule has 0 aromatic rings. The second-order valence-corrected chi connectivity index (χ2v) is 18.2. The smallest absolute Gasteiger partial charge is 0.465 e. The summed E-state index contributed by atoms with van der Waals surface area (Å²) >= 11 is 0. The maximum absolute atomic E-state index is 12.8. The van der Waals surface area contributed by atoms with Crippen LogP contribution in [0.4, 0.5) is 4.79 Å². The highest BCUT2D eigenvalue weighted by atomic mass is 16.7. The van der Waals surface area contributed by atoms with Crippen LogP contribution in [0.15, 0.2) is 24.3 Å². The minimum atomic E-state index is -1.07. The molecular formula is C52H97NO9. The van der Waals surface area contributed by atoms with Crippen molar-refractivity contribution in [2.45, 2.75) is 227 Å². The molecule has 0 spiro atoms. The molecule has 1 aliphatic heterocycles. The molecule has 0 saturated carbocycles. The number of esters is 1. The number of aliphatic hydroxyl groups is 1. The van der Waals surface area contributed by atoms with E-state index >= 15 is 0 Å². The van der Waals surface area contributed by atoms with Crippen molar-refractivity contribution in [1.82, 2.24) is 4.90 Å². The number of carbonyl (C=O) groups is 2. The Bertz CT molecular complexity index is 1070. The van der Waals surface area contributed by atoms with Crippen LogP contribution < -0.4 is 0 Å². The van der Waals surface area contributed by atoms with E-state index in [1.807, 2.05) is 0 Å². The van der Waals surface area contributed by atoms with Gasteiger partial charge in [-0.25, -0.2) is 4.79 Å². The van der Waals surface area contributed by atoms with Gasteiger partial charge in [-0.3, -0.25) is 4.79 Å². The normalized spacial score (nSPS) is 17.0. The van der Waals surface area contributed by atoms with Gasteiger partial charge in [-0.2, -0.15) is 0 Å². The average Bonchev–Trinajstić information content (AvgIpc) is 3.27. The van der Waals surface area contributed by atoms with Crippen molar-refractivity contribution < 1.29 is 43.1 Å². The molecule has 1 saturated heterocycles. The molecule has 0 aliphatic carbocycles. The second kappa shape index (κ2) is 41.7. The minimum Gasteiger partial charge on any atom is -0.465 e. The first-order valence-corrected chi connectivity index (χ1v) is 25.8. The Balaban J connectivity index is 2.58. The highest BCUT2D eigenvalue weighted by Gasteiger charge is 2.32. The number of rotatable bonds is 43. The summed E-state index contributed by atoms with van der Waals surface area (Å²) in [7, 11) is 0. The number of piperidine rings is 1. The number of hydrogen-bond donors (Lipinski definition) is 1. The van der Waals surface area contributed by atoms with Crippen LogP contribution in [0.25, 0.3) is 0 Å². The predicted octanol–water partition coefficient (Wildman–Crippen LogP) is 13.4. The summed E-state index contributed by atoms with van der Waals surface area (Å²) < 4.78 is 35.0. The monoisotopic (exact) mass is 880 g/mol. The van der Waals surface area contributed by atoms with Crippen LogP contribution >= 0.6 is 0 Å². The number of carbonyl (C=O) groups excluding carboxylic acids is 2. The van der Waals surface area contributed by atoms with Crippen LogP contribution in [-0.4, -0.2) is 94.0 Å². The summed E-state index contributed by atoms with van der Waals surface area (Å²) in [5, 5.41) is 10.9. The van der Waals surface area contributed by atoms with Crippen molar-refractivity contribution in [2.75, 3.05) is 59.3 Å². The number of aliphatic hydroxyl groups excluding tert-OH is 1. The molecule has 0 aromatic heterocycles. The number of hydrogen-bond acceptors (Lipinski definition) is 10. The lowest BCUT2D eigenvalue weighted by molar-refractivity contribution is -0.170. The van der Waals surface area contributed by atoms with Crippen LogP contribution in [-0.2, 0) is 33.2 Å². The Morgan fingerprint density at radius 1 is 0.629 bits per heavy atom. The first kappa shape index (κ1) is 58.0. The third-order valence-electron chi connectivity index (χ3n) is 11.9. The summed E-state index contributed by atoms with van der Waals surface area (Å²) in [5.41, 5.74) is -0.119. The molecule has 3 unspecified atom stereocenters. The van der Waals surface area contributed by atoms with Crippen molar-refractivity contribution in [2.24, 2.45) is 11.3 Å². The fraction of sp³-hybridized carbons (Fsp3) is 0.885. The lowest BCUT2D eigenvalue weighted by Crippen LogP contribution is -2.44. The molecule has 0 bridgehead atoms. The molecular weight excluding hydrogens is 783 g/mol. The standard InChI is InChI=1S/C52H97NO9/c1-6-10-13-16-19-20-21-22-23-24-25-26-27-28-31-35-48(54)59-42-47(44-61-51(56)62-46-52(5)38-34-39-53(9-4)45-52)43-60-49(55)36-37-50(57-40-32-29-17-14-11-7-2)58-41-33-30-18-15-12-8-3/h19-20,22-23,47,49-50,55H,6-18,21,24-46H2,1-5H3/b20-19-,23-22-. The Hall–Kier alpha value is -1.98. The molecule has 1 aliphatic rings. The predicted molar refractivity (Wildman–Crippen MR) is 254 cm³/mol. The van der Waals surface area contributed by atoms with Crippen molar-refractivity contribution >= 4 is 12.1 Å². The van der Waals surface area contributed by atoms with E-state index in [-0.39, 0.29) is 37.8 Å². The zero-order valence-corrected chi connectivity index (χ0v) is 40.9. The van der Waals surface area contributed by atoms with E-state index in [1.54, 1.807) is 0 Å². The summed E-state index contributed by atoms with van der Waals surface area (Å²) in [5.74, 6) is -0.738. The lowest BCUT2D eigenvalue weighted by Gasteiger charge is -2.39. The van der Waals surface area contributed by atoms with Gasteiger partial charge < -0.3 is 38.4 Å². The molecule has 1 rings (SSSR count). The van der Waals surface area contributed by atoms with E-state index in [0.29, 0.717) is 32.5 Å². The van der Waals surface area contributed by atoms with Crippen molar-refractivity contribution in [3.63, 3.8) is 0 Å².